The van der Waals surface area contributed by atoms with E-state index in [0.717, 1.165) is 44.1 Å². The first-order chi connectivity index (χ1) is 8.92. The summed E-state index contributed by atoms with van der Waals surface area (Å²) in [5.74, 6) is 0.693. The van der Waals surface area contributed by atoms with Crippen LogP contribution in [0.25, 0.3) is 11.5 Å². The van der Waals surface area contributed by atoms with Gasteiger partial charge in [0.15, 0.2) is 0 Å². The maximum absolute atomic E-state index is 5.52. The molecule has 3 rings (SSSR count). The van der Waals surface area contributed by atoms with E-state index >= 15 is 0 Å². The lowest BCUT2D eigenvalue weighted by Crippen LogP contribution is -2.35. The fourth-order valence-corrected chi connectivity index (χ4v) is 2.08. The minimum absolute atomic E-state index is 0.693. The molecule has 2 heterocycles. The predicted molar refractivity (Wildman–Crippen MR) is 68.0 cm³/mol. The first-order valence-electron chi connectivity index (χ1n) is 6.22. The van der Waals surface area contributed by atoms with Crippen LogP contribution in [0.15, 0.2) is 41.0 Å². The summed E-state index contributed by atoms with van der Waals surface area (Å²) >= 11 is 0. The van der Waals surface area contributed by atoms with E-state index in [4.69, 9.17) is 9.15 Å². The highest BCUT2D eigenvalue weighted by Crippen LogP contribution is 2.18. The summed E-state index contributed by atoms with van der Waals surface area (Å²) < 4.78 is 10.8. The molecule has 0 aliphatic carbocycles. The third-order valence-electron chi connectivity index (χ3n) is 3.06. The number of rotatable bonds is 3. The second kappa shape index (κ2) is 5.33. The lowest BCUT2D eigenvalue weighted by Gasteiger charge is -2.25. The Morgan fingerprint density at radius 3 is 2.67 bits per heavy atom. The SMILES string of the molecule is c1ccc(-c2nc(CN3CCOCC3)co2)cc1. The largest absolute Gasteiger partial charge is 0.444 e. The number of aromatic nitrogens is 1. The molecule has 0 saturated carbocycles. The number of ether oxygens (including phenoxy) is 1. The fraction of sp³-hybridized carbons (Fsp3) is 0.357. The van der Waals surface area contributed by atoms with E-state index in [-0.39, 0.29) is 0 Å². The van der Waals surface area contributed by atoms with E-state index in [1.165, 1.54) is 0 Å². The molecule has 1 aromatic heterocycles. The number of oxazole rings is 1. The van der Waals surface area contributed by atoms with Crippen LogP contribution in [0.2, 0.25) is 0 Å². The van der Waals surface area contributed by atoms with Gasteiger partial charge in [-0.3, -0.25) is 4.90 Å². The Morgan fingerprint density at radius 2 is 1.89 bits per heavy atom. The fourth-order valence-electron chi connectivity index (χ4n) is 2.08. The summed E-state index contributed by atoms with van der Waals surface area (Å²) in [4.78, 5) is 6.85. The molecule has 4 heteroatoms. The topological polar surface area (TPSA) is 38.5 Å². The molecule has 0 amide bonds. The predicted octanol–water partition coefficient (Wildman–Crippen LogP) is 2.17. The highest BCUT2D eigenvalue weighted by Gasteiger charge is 2.13. The molecule has 4 nitrogen and oxygen atoms in total. The van der Waals surface area contributed by atoms with E-state index < -0.39 is 0 Å². The van der Waals surface area contributed by atoms with Crippen molar-refractivity contribution in [3.8, 4) is 11.5 Å². The normalized spacial score (nSPS) is 16.9. The third kappa shape index (κ3) is 2.60. The molecule has 94 valence electrons. The smallest absolute Gasteiger partial charge is 0.226 e. The van der Waals surface area contributed by atoms with E-state index in [1.54, 1.807) is 6.26 Å². The van der Waals surface area contributed by atoms with Gasteiger partial charge >= 0.3 is 0 Å². The maximum atomic E-state index is 5.52. The quantitative estimate of drug-likeness (QED) is 0.829. The van der Waals surface area contributed by atoms with E-state index in [2.05, 4.69) is 9.88 Å². The second-order valence-corrected chi connectivity index (χ2v) is 4.40. The van der Waals surface area contributed by atoms with Crippen molar-refractivity contribution in [1.82, 2.24) is 9.88 Å². The molecule has 1 aliphatic heterocycles. The van der Waals surface area contributed by atoms with Crippen molar-refractivity contribution in [2.45, 2.75) is 6.54 Å². The molecule has 1 saturated heterocycles. The Bertz CT molecular complexity index is 490. The van der Waals surface area contributed by atoms with Crippen molar-refractivity contribution in [3.63, 3.8) is 0 Å². The lowest BCUT2D eigenvalue weighted by atomic mass is 10.2. The van der Waals surface area contributed by atoms with Crippen molar-refractivity contribution < 1.29 is 9.15 Å². The molecule has 0 atom stereocenters. The highest BCUT2D eigenvalue weighted by molar-refractivity contribution is 5.52. The summed E-state index contributed by atoms with van der Waals surface area (Å²) in [6, 6.07) is 9.97. The van der Waals surface area contributed by atoms with Gasteiger partial charge in [-0.1, -0.05) is 18.2 Å². The van der Waals surface area contributed by atoms with Crippen LogP contribution in [0, 0.1) is 0 Å². The molecule has 0 unspecified atom stereocenters. The molecule has 0 N–H and O–H groups in total. The second-order valence-electron chi connectivity index (χ2n) is 4.40. The Labute approximate surface area is 106 Å². The van der Waals surface area contributed by atoms with Gasteiger partial charge in [0, 0.05) is 25.2 Å². The summed E-state index contributed by atoms with van der Waals surface area (Å²) in [7, 11) is 0. The monoisotopic (exact) mass is 244 g/mol. The van der Waals surface area contributed by atoms with Gasteiger partial charge in [0.1, 0.15) is 6.26 Å². The van der Waals surface area contributed by atoms with Crippen LogP contribution in [-0.2, 0) is 11.3 Å². The number of hydrogen-bond acceptors (Lipinski definition) is 4. The number of nitrogens with zero attached hydrogens (tertiary/aromatic N) is 2. The van der Waals surface area contributed by atoms with Crippen LogP contribution in [0.5, 0.6) is 0 Å². The summed E-state index contributed by atoms with van der Waals surface area (Å²) in [6.07, 6.45) is 1.75. The Balaban J connectivity index is 1.69. The minimum atomic E-state index is 0.693. The first kappa shape index (κ1) is 11.4. The number of hydrogen-bond donors (Lipinski definition) is 0. The van der Waals surface area contributed by atoms with Gasteiger partial charge in [-0.2, -0.15) is 0 Å². The minimum Gasteiger partial charge on any atom is -0.444 e. The lowest BCUT2D eigenvalue weighted by molar-refractivity contribution is 0.0336. The highest BCUT2D eigenvalue weighted by atomic mass is 16.5. The van der Waals surface area contributed by atoms with Crippen molar-refractivity contribution in [2.24, 2.45) is 0 Å². The molecule has 1 aromatic carbocycles. The zero-order valence-electron chi connectivity index (χ0n) is 10.2. The van der Waals surface area contributed by atoms with Crippen molar-refractivity contribution in [1.29, 1.82) is 0 Å². The first-order valence-corrected chi connectivity index (χ1v) is 6.22. The van der Waals surface area contributed by atoms with Gasteiger partial charge < -0.3 is 9.15 Å². The van der Waals surface area contributed by atoms with Crippen LogP contribution in [0.1, 0.15) is 5.69 Å². The van der Waals surface area contributed by atoms with Gasteiger partial charge in [0.25, 0.3) is 0 Å². The van der Waals surface area contributed by atoms with Crippen LogP contribution < -0.4 is 0 Å². The van der Waals surface area contributed by atoms with Gasteiger partial charge in [-0.15, -0.1) is 0 Å². The van der Waals surface area contributed by atoms with Crippen molar-refractivity contribution in [2.75, 3.05) is 26.3 Å². The Morgan fingerprint density at radius 1 is 1.11 bits per heavy atom. The van der Waals surface area contributed by atoms with Gasteiger partial charge in [-0.25, -0.2) is 4.98 Å². The number of morpholine rings is 1. The van der Waals surface area contributed by atoms with Crippen LogP contribution in [0.3, 0.4) is 0 Å². The molecule has 1 fully saturated rings. The van der Waals surface area contributed by atoms with Crippen molar-refractivity contribution >= 4 is 0 Å². The standard InChI is InChI=1S/C14H16N2O2/c1-2-4-12(5-3-1)14-15-13(11-18-14)10-16-6-8-17-9-7-16/h1-5,11H,6-10H2. The average Bonchev–Trinajstić information content (AvgIpc) is 2.89. The molecular formula is C14H16N2O2. The van der Waals surface area contributed by atoms with Gasteiger partial charge in [-0.05, 0) is 12.1 Å². The number of benzene rings is 1. The molecule has 0 radical (unpaired) electrons. The zero-order valence-corrected chi connectivity index (χ0v) is 10.2. The van der Waals surface area contributed by atoms with Crippen LogP contribution in [-0.4, -0.2) is 36.2 Å². The summed E-state index contributed by atoms with van der Waals surface area (Å²) in [5, 5.41) is 0. The van der Waals surface area contributed by atoms with Crippen LogP contribution in [0.4, 0.5) is 0 Å². The van der Waals surface area contributed by atoms with Crippen molar-refractivity contribution in [3.05, 3.63) is 42.3 Å². The van der Waals surface area contributed by atoms with Crippen LogP contribution >= 0.6 is 0 Å². The molecule has 18 heavy (non-hydrogen) atoms. The summed E-state index contributed by atoms with van der Waals surface area (Å²) in [5.41, 5.74) is 2.00. The molecule has 0 spiro atoms. The van der Waals surface area contributed by atoms with E-state index in [9.17, 15) is 0 Å². The van der Waals surface area contributed by atoms with E-state index in [1.807, 2.05) is 30.3 Å². The Hall–Kier alpha value is -1.65. The van der Waals surface area contributed by atoms with Gasteiger partial charge in [0.2, 0.25) is 5.89 Å². The molecule has 0 bridgehead atoms. The summed E-state index contributed by atoms with van der Waals surface area (Å²) in [6.45, 7) is 4.38. The maximum Gasteiger partial charge on any atom is 0.226 e. The molecular weight excluding hydrogens is 228 g/mol. The molecule has 2 aromatic rings. The Kier molecular flexibility index (Phi) is 3.39. The molecule has 1 aliphatic rings. The zero-order chi connectivity index (χ0) is 12.2. The van der Waals surface area contributed by atoms with Gasteiger partial charge in [0.05, 0.1) is 18.9 Å². The average molecular weight is 244 g/mol. The van der Waals surface area contributed by atoms with E-state index in [0.29, 0.717) is 5.89 Å². The third-order valence-corrected chi connectivity index (χ3v) is 3.06.